The molecule has 0 aromatic carbocycles. The van der Waals surface area contributed by atoms with Crippen LogP contribution >= 0.6 is 0 Å². The highest BCUT2D eigenvalue weighted by molar-refractivity contribution is 4.84. The van der Waals surface area contributed by atoms with Crippen molar-refractivity contribution in [2.24, 2.45) is 0 Å². The summed E-state index contributed by atoms with van der Waals surface area (Å²) in [5.74, 6) is -3.68. The lowest BCUT2D eigenvalue weighted by Gasteiger charge is -2.25. The number of halogens is 5. The summed E-state index contributed by atoms with van der Waals surface area (Å²) in [5.41, 5.74) is 0. The number of hydrogen-bond acceptors (Lipinski definition) is 1. The molecular formula is C7H9F5O. The maximum Gasteiger partial charge on any atom is 0.284 e. The van der Waals surface area contributed by atoms with Crippen LogP contribution in [0.25, 0.3) is 0 Å². The molecule has 0 aromatic heterocycles. The third-order valence-corrected chi connectivity index (χ3v) is 1.27. The first-order valence-corrected chi connectivity index (χ1v) is 3.37. The number of ether oxygens (including phenoxy) is 1. The molecule has 0 amide bonds. The Morgan fingerprint density at radius 2 is 1.77 bits per heavy atom. The van der Waals surface area contributed by atoms with Gasteiger partial charge in [-0.1, -0.05) is 6.58 Å². The molecule has 0 aliphatic heterocycles. The molecule has 1 nitrogen and oxygen atoms in total. The minimum absolute atomic E-state index is 0.302. The highest BCUT2D eigenvalue weighted by atomic mass is 19.3. The second-order valence-electron chi connectivity index (χ2n) is 2.46. The van der Waals surface area contributed by atoms with E-state index < -0.39 is 24.6 Å². The molecule has 0 aliphatic rings. The summed E-state index contributed by atoms with van der Waals surface area (Å²) in [7, 11) is 0. The van der Waals surface area contributed by atoms with E-state index in [4.69, 9.17) is 0 Å². The predicted molar refractivity (Wildman–Crippen MR) is 36.6 cm³/mol. The molecule has 78 valence electrons. The third kappa shape index (κ3) is 3.61. The molecule has 0 fully saturated rings. The second-order valence-corrected chi connectivity index (χ2v) is 2.46. The molecule has 0 saturated carbocycles. The van der Waals surface area contributed by atoms with E-state index in [2.05, 4.69) is 11.3 Å². The van der Waals surface area contributed by atoms with Gasteiger partial charge in [-0.25, -0.2) is 22.0 Å². The molecule has 13 heavy (non-hydrogen) atoms. The molecule has 0 saturated heterocycles. The Bertz CT molecular complexity index is 165. The smallest absolute Gasteiger partial charge is 0.284 e. The molecule has 6 heteroatoms. The number of rotatable bonds is 5. The Hall–Kier alpha value is -0.810. The normalized spacial score (nSPS) is 16.8. The van der Waals surface area contributed by atoms with Gasteiger partial charge in [-0.05, 0) is 0 Å². The van der Waals surface area contributed by atoms with E-state index in [9.17, 15) is 22.0 Å². The molecule has 0 aliphatic carbocycles. The summed E-state index contributed by atoms with van der Waals surface area (Å²) >= 11 is 0. The van der Waals surface area contributed by atoms with Crippen LogP contribution in [0.2, 0.25) is 0 Å². The first-order valence-electron chi connectivity index (χ1n) is 3.37. The van der Waals surface area contributed by atoms with Gasteiger partial charge in [-0.15, -0.1) is 0 Å². The summed E-state index contributed by atoms with van der Waals surface area (Å²) in [6.45, 7) is 3.19. The van der Waals surface area contributed by atoms with Crippen LogP contribution in [0.5, 0.6) is 0 Å². The number of alkyl halides is 5. The van der Waals surface area contributed by atoms with Crippen molar-refractivity contribution in [1.82, 2.24) is 0 Å². The van der Waals surface area contributed by atoms with Gasteiger partial charge >= 0.3 is 0 Å². The van der Waals surface area contributed by atoms with Crippen LogP contribution in [0, 0.1) is 0 Å². The zero-order valence-electron chi connectivity index (χ0n) is 6.81. The maximum atomic E-state index is 12.5. The van der Waals surface area contributed by atoms with Gasteiger partial charge in [0.25, 0.3) is 12.3 Å². The van der Waals surface area contributed by atoms with Crippen molar-refractivity contribution in [1.29, 1.82) is 0 Å². The van der Waals surface area contributed by atoms with Gasteiger partial charge in [-0.3, -0.25) is 0 Å². The highest BCUT2D eigenvalue weighted by Gasteiger charge is 2.46. The fourth-order valence-electron chi connectivity index (χ4n) is 0.710. The zero-order valence-corrected chi connectivity index (χ0v) is 6.81. The molecule has 2 atom stereocenters. The zero-order chi connectivity index (χ0) is 10.6. The van der Waals surface area contributed by atoms with Crippen molar-refractivity contribution in [3.8, 4) is 0 Å². The summed E-state index contributed by atoms with van der Waals surface area (Å²) in [4.78, 5) is 0. The summed E-state index contributed by atoms with van der Waals surface area (Å²) < 4.78 is 64.8. The van der Waals surface area contributed by atoms with E-state index in [1.807, 2.05) is 0 Å². The molecule has 0 N–H and O–H groups in total. The minimum Gasteiger partial charge on any atom is -0.489 e. The van der Waals surface area contributed by atoms with E-state index in [1.165, 1.54) is 0 Å². The lowest BCUT2D eigenvalue weighted by atomic mass is 10.1. The topological polar surface area (TPSA) is 9.23 Å². The van der Waals surface area contributed by atoms with Crippen LogP contribution in [0.4, 0.5) is 22.0 Å². The Labute approximate surface area is 72.2 Å². The monoisotopic (exact) mass is 204 g/mol. The quantitative estimate of drug-likeness (QED) is 0.494. The van der Waals surface area contributed by atoms with Crippen molar-refractivity contribution >= 4 is 0 Å². The van der Waals surface area contributed by atoms with Crippen LogP contribution < -0.4 is 0 Å². The Kier molecular flexibility index (Phi) is 4.16. The molecule has 0 bridgehead atoms. The van der Waals surface area contributed by atoms with Crippen LogP contribution in [-0.4, -0.2) is 24.6 Å². The predicted octanol–water partition coefficient (Wildman–Crippen LogP) is 2.77. The van der Waals surface area contributed by atoms with Gasteiger partial charge in [0.15, 0.2) is 6.10 Å². The van der Waals surface area contributed by atoms with Crippen molar-refractivity contribution in [2.45, 2.75) is 31.5 Å². The molecule has 2 unspecified atom stereocenters. The fraction of sp³-hybridized carbons (Fsp3) is 0.714. The maximum absolute atomic E-state index is 12.5. The molecule has 0 rings (SSSR count). The van der Waals surface area contributed by atoms with Gasteiger partial charge in [0.1, 0.15) is 0 Å². The van der Waals surface area contributed by atoms with Crippen molar-refractivity contribution < 1.29 is 26.7 Å². The van der Waals surface area contributed by atoms with Crippen LogP contribution in [0.15, 0.2) is 12.8 Å². The molecule has 0 aromatic rings. The Balaban J connectivity index is 4.50. The van der Waals surface area contributed by atoms with E-state index >= 15 is 0 Å². The summed E-state index contributed by atoms with van der Waals surface area (Å²) in [6, 6.07) is 0. The second kappa shape index (κ2) is 4.43. The van der Waals surface area contributed by atoms with Crippen molar-refractivity contribution in [3.05, 3.63) is 12.8 Å². The van der Waals surface area contributed by atoms with Crippen molar-refractivity contribution in [2.75, 3.05) is 0 Å². The van der Waals surface area contributed by atoms with Gasteiger partial charge in [0.05, 0.1) is 6.26 Å². The van der Waals surface area contributed by atoms with Crippen LogP contribution in [0.1, 0.15) is 6.92 Å². The number of hydrogen-bond donors (Lipinski definition) is 0. The standard InChI is InChI=1S/C7H9F5O/c1-3-13-5(7(2,11)12)4(8)6(9)10/h3-6H,1H2,2H3. The van der Waals surface area contributed by atoms with Gasteiger partial charge in [0, 0.05) is 6.92 Å². The molecule has 0 radical (unpaired) electrons. The first-order chi connectivity index (χ1) is 5.80. The third-order valence-electron chi connectivity index (χ3n) is 1.27. The molecule has 0 spiro atoms. The highest BCUT2D eigenvalue weighted by Crippen LogP contribution is 2.27. The van der Waals surface area contributed by atoms with E-state index in [1.54, 1.807) is 0 Å². The largest absolute Gasteiger partial charge is 0.489 e. The minimum atomic E-state index is -3.68. The lowest BCUT2D eigenvalue weighted by molar-refractivity contribution is -0.153. The fourth-order valence-corrected chi connectivity index (χ4v) is 0.710. The van der Waals surface area contributed by atoms with E-state index in [-0.39, 0.29) is 0 Å². The Morgan fingerprint density at radius 1 is 1.31 bits per heavy atom. The SMILES string of the molecule is C=COC(C(F)C(F)F)C(C)(F)F. The van der Waals surface area contributed by atoms with Crippen LogP contribution in [0.3, 0.4) is 0 Å². The van der Waals surface area contributed by atoms with E-state index in [0.717, 1.165) is 0 Å². The average Bonchev–Trinajstić information content (AvgIpc) is 1.96. The summed E-state index contributed by atoms with van der Waals surface area (Å²) in [5, 5.41) is 0. The van der Waals surface area contributed by atoms with Gasteiger partial charge in [-0.2, -0.15) is 0 Å². The van der Waals surface area contributed by atoms with E-state index in [0.29, 0.717) is 13.2 Å². The van der Waals surface area contributed by atoms with Crippen LogP contribution in [-0.2, 0) is 4.74 Å². The van der Waals surface area contributed by atoms with Gasteiger partial charge in [0.2, 0.25) is 6.17 Å². The lowest BCUT2D eigenvalue weighted by Crippen LogP contribution is -2.43. The summed E-state index contributed by atoms with van der Waals surface area (Å²) in [6.07, 6.45) is -8.52. The molecular weight excluding hydrogens is 195 g/mol. The first kappa shape index (κ1) is 12.2. The Morgan fingerprint density at radius 3 is 2.00 bits per heavy atom. The molecule has 0 heterocycles. The van der Waals surface area contributed by atoms with Gasteiger partial charge < -0.3 is 4.74 Å². The van der Waals surface area contributed by atoms with Crippen molar-refractivity contribution in [3.63, 3.8) is 0 Å². The average molecular weight is 204 g/mol.